The Morgan fingerprint density at radius 1 is 1.67 bits per heavy atom. The number of hydrogen-bond acceptors (Lipinski definition) is 2. The molecule has 0 aliphatic heterocycles. The molecule has 2 rings (SSSR count). The fourth-order valence-corrected chi connectivity index (χ4v) is 2.60. The molecule has 0 bridgehead atoms. The molecule has 1 unspecified atom stereocenters. The molecule has 1 aromatic rings. The fraction of sp³-hybridized carbons (Fsp3) is 0.727. The van der Waals surface area contributed by atoms with Crippen molar-refractivity contribution < 1.29 is 0 Å². The molecule has 1 heterocycles. The van der Waals surface area contributed by atoms with Gasteiger partial charge < -0.3 is 5.32 Å². The second kappa shape index (κ2) is 4.66. The highest BCUT2D eigenvalue weighted by atomic mass is 79.9. The number of rotatable bonds is 5. The molecule has 1 fully saturated rings. The average molecular weight is 272 g/mol. The Bertz CT molecular complexity index is 331. The summed E-state index contributed by atoms with van der Waals surface area (Å²) in [4.78, 5) is 0. The Morgan fingerprint density at radius 2 is 2.40 bits per heavy atom. The standard InChI is InChI=1S/C11H18BrN3/c1-3-15-11(9(12)7-14-15)10(13-2)6-8-4-5-8/h7-8,10,13H,3-6H2,1-2H3. The van der Waals surface area contributed by atoms with E-state index in [0.29, 0.717) is 6.04 Å². The smallest absolute Gasteiger partial charge is 0.0695 e. The lowest BCUT2D eigenvalue weighted by molar-refractivity contribution is 0.465. The normalized spacial score (nSPS) is 18.1. The van der Waals surface area contributed by atoms with Crippen LogP contribution in [0.15, 0.2) is 10.7 Å². The van der Waals surface area contributed by atoms with E-state index < -0.39 is 0 Å². The van der Waals surface area contributed by atoms with Gasteiger partial charge in [-0.2, -0.15) is 5.10 Å². The highest BCUT2D eigenvalue weighted by Gasteiger charge is 2.28. The molecule has 1 N–H and O–H groups in total. The van der Waals surface area contributed by atoms with Gasteiger partial charge in [0.15, 0.2) is 0 Å². The maximum atomic E-state index is 4.36. The van der Waals surface area contributed by atoms with Crippen molar-refractivity contribution in [2.45, 2.75) is 38.8 Å². The van der Waals surface area contributed by atoms with Crippen LogP contribution in [0.25, 0.3) is 0 Å². The van der Waals surface area contributed by atoms with Crippen LogP contribution < -0.4 is 5.32 Å². The zero-order chi connectivity index (χ0) is 10.8. The van der Waals surface area contributed by atoms with Crippen molar-refractivity contribution in [2.24, 2.45) is 5.92 Å². The molecule has 1 aliphatic carbocycles. The predicted molar refractivity (Wildman–Crippen MR) is 64.7 cm³/mol. The molecule has 84 valence electrons. The molecule has 0 aromatic carbocycles. The summed E-state index contributed by atoms with van der Waals surface area (Å²) in [7, 11) is 2.03. The molecule has 3 nitrogen and oxygen atoms in total. The summed E-state index contributed by atoms with van der Waals surface area (Å²) in [5.74, 6) is 0.926. The van der Waals surface area contributed by atoms with E-state index in [-0.39, 0.29) is 0 Å². The first-order chi connectivity index (χ1) is 7.26. The Labute approximate surface area is 99.4 Å². The molecule has 1 atom stereocenters. The molecule has 1 saturated carbocycles. The number of nitrogens with zero attached hydrogens (tertiary/aromatic N) is 2. The first-order valence-electron chi connectivity index (χ1n) is 5.64. The Hall–Kier alpha value is -0.350. The van der Waals surface area contributed by atoms with Crippen LogP contribution in [0.3, 0.4) is 0 Å². The largest absolute Gasteiger partial charge is 0.312 e. The lowest BCUT2D eigenvalue weighted by Crippen LogP contribution is -2.21. The van der Waals surface area contributed by atoms with Gasteiger partial charge in [0.05, 0.1) is 22.4 Å². The van der Waals surface area contributed by atoms with Crippen molar-refractivity contribution >= 4 is 15.9 Å². The van der Waals surface area contributed by atoms with Crippen LogP contribution in [-0.2, 0) is 6.54 Å². The van der Waals surface area contributed by atoms with Gasteiger partial charge in [0.25, 0.3) is 0 Å². The lowest BCUT2D eigenvalue weighted by Gasteiger charge is -2.17. The third kappa shape index (κ3) is 2.42. The summed E-state index contributed by atoms with van der Waals surface area (Å²) in [5.41, 5.74) is 1.30. The second-order valence-electron chi connectivity index (χ2n) is 4.21. The summed E-state index contributed by atoms with van der Waals surface area (Å²) < 4.78 is 3.21. The van der Waals surface area contributed by atoms with Gasteiger partial charge >= 0.3 is 0 Å². The van der Waals surface area contributed by atoms with Gasteiger partial charge in [0.1, 0.15) is 0 Å². The Balaban J connectivity index is 2.18. The molecular weight excluding hydrogens is 254 g/mol. The molecule has 1 aromatic heterocycles. The fourth-order valence-electron chi connectivity index (χ4n) is 2.02. The highest BCUT2D eigenvalue weighted by Crippen LogP contribution is 2.38. The van der Waals surface area contributed by atoms with Gasteiger partial charge in [-0.05, 0) is 42.2 Å². The van der Waals surface area contributed by atoms with Gasteiger partial charge in [-0.3, -0.25) is 4.68 Å². The number of halogens is 1. The van der Waals surface area contributed by atoms with E-state index in [1.54, 1.807) is 0 Å². The predicted octanol–water partition coefficient (Wildman–Crippen LogP) is 2.73. The van der Waals surface area contributed by atoms with E-state index in [2.05, 4.69) is 38.0 Å². The molecule has 0 amide bonds. The summed E-state index contributed by atoms with van der Waals surface area (Å²) in [6.07, 6.45) is 5.93. The number of aryl methyl sites for hydroxylation is 1. The minimum absolute atomic E-state index is 0.439. The van der Waals surface area contributed by atoms with Gasteiger partial charge in [0, 0.05) is 6.54 Å². The molecular formula is C11H18BrN3. The van der Waals surface area contributed by atoms with Gasteiger partial charge in [0.2, 0.25) is 0 Å². The number of nitrogens with one attached hydrogen (secondary N) is 1. The second-order valence-corrected chi connectivity index (χ2v) is 5.07. The van der Waals surface area contributed by atoms with Crippen LogP contribution in [0.2, 0.25) is 0 Å². The van der Waals surface area contributed by atoms with Crippen LogP contribution >= 0.6 is 15.9 Å². The van der Waals surface area contributed by atoms with Crippen molar-refractivity contribution in [2.75, 3.05) is 7.05 Å². The zero-order valence-electron chi connectivity index (χ0n) is 9.33. The minimum atomic E-state index is 0.439. The maximum Gasteiger partial charge on any atom is 0.0695 e. The van der Waals surface area contributed by atoms with Crippen molar-refractivity contribution in [1.29, 1.82) is 0 Å². The van der Waals surface area contributed by atoms with Gasteiger partial charge in [-0.15, -0.1) is 0 Å². The first-order valence-corrected chi connectivity index (χ1v) is 6.44. The van der Waals surface area contributed by atoms with E-state index in [1.165, 1.54) is 25.0 Å². The van der Waals surface area contributed by atoms with Gasteiger partial charge in [-0.1, -0.05) is 12.8 Å². The van der Waals surface area contributed by atoms with Crippen LogP contribution in [0.1, 0.15) is 37.9 Å². The molecule has 4 heteroatoms. The zero-order valence-corrected chi connectivity index (χ0v) is 10.9. The van der Waals surface area contributed by atoms with Crippen molar-refractivity contribution in [1.82, 2.24) is 15.1 Å². The third-order valence-electron chi connectivity index (χ3n) is 3.08. The van der Waals surface area contributed by atoms with Crippen LogP contribution in [0.4, 0.5) is 0 Å². The summed E-state index contributed by atoms with van der Waals surface area (Å²) >= 11 is 3.59. The number of aromatic nitrogens is 2. The van der Waals surface area contributed by atoms with E-state index >= 15 is 0 Å². The Morgan fingerprint density at radius 3 is 2.93 bits per heavy atom. The minimum Gasteiger partial charge on any atom is -0.312 e. The van der Waals surface area contributed by atoms with E-state index in [1.807, 2.05) is 13.2 Å². The SMILES string of the molecule is CCn1ncc(Br)c1C(CC1CC1)NC. The average Bonchev–Trinajstić information content (AvgIpc) is 2.98. The van der Waals surface area contributed by atoms with E-state index in [4.69, 9.17) is 0 Å². The van der Waals surface area contributed by atoms with E-state index in [0.717, 1.165) is 16.9 Å². The van der Waals surface area contributed by atoms with Crippen LogP contribution in [0.5, 0.6) is 0 Å². The van der Waals surface area contributed by atoms with Crippen LogP contribution in [0, 0.1) is 5.92 Å². The quantitative estimate of drug-likeness (QED) is 0.893. The molecule has 0 spiro atoms. The maximum absolute atomic E-state index is 4.36. The lowest BCUT2D eigenvalue weighted by atomic mass is 10.1. The van der Waals surface area contributed by atoms with Crippen molar-refractivity contribution in [3.63, 3.8) is 0 Å². The topological polar surface area (TPSA) is 29.9 Å². The summed E-state index contributed by atoms with van der Waals surface area (Å²) in [6.45, 7) is 3.07. The van der Waals surface area contributed by atoms with E-state index in [9.17, 15) is 0 Å². The molecule has 1 aliphatic rings. The van der Waals surface area contributed by atoms with Gasteiger partial charge in [-0.25, -0.2) is 0 Å². The van der Waals surface area contributed by atoms with Crippen LogP contribution in [-0.4, -0.2) is 16.8 Å². The molecule has 0 radical (unpaired) electrons. The third-order valence-corrected chi connectivity index (χ3v) is 3.69. The summed E-state index contributed by atoms with van der Waals surface area (Å²) in [5, 5.41) is 7.76. The highest BCUT2D eigenvalue weighted by molar-refractivity contribution is 9.10. The first kappa shape index (κ1) is 11.1. The monoisotopic (exact) mass is 271 g/mol. The number of hydrogen-bond donors (Lipinski definition) is 1. The molecule has 15 heavy (non-hydrogen) atoms. The molecule has 0 saturated heterocycles. The Kier molecular flexibility index (Phi) is 3.46. The van der Waals surface area contributed by atoms with Crippen molar-refractivity contribution in [3.05, 3.63) is 16.4 Å². The summed E-state index contributed by atoms with van der Waals surface area (Å²) in [6, 6.07) is 0.439. The van der Waals surface area contributed by atoms with Crippen molar-refractivity contribution in [3.8, 4) is 0 Å².